The smallest absolute Gasteiger partial charge is 0.303 e. The van der Waals surface area contributed by atoms with Gasteiger partial charge in [-0.1, -0.05) is 0 Å². The summed E-state index contributed by atoms with van der Waals surface area (Å²) in [5.41, 5.74) is 0.0343. The zero-order chi connectivity index (χ0) is 16.0. The molecule has 1 N–H and O–H groups in total. The number of rotatable bonds is 4. The lowest BCUT2D eigenvalue weighted by Crippen LogP contribution is -2.43. The average molecular weight is 315 g/mol. The first-order chi connectivity index (χ1) is 9.54. The lowest BCUT2D eigenvalue weighted by molar-refractivity contribution is -0.138. The van der Waals surface area contributed by atoms with Crippen molar-refractivity contribution in [2.45, 2.75) is 44.2 Å². The SMILES string of the molecule is Cc1cc(S(=O)(=O)N2CC(CC(=O)O)CC2(C)C)n(C)n1. The summed E-state index contributed by atoms with van der Waals surface area (Å²) in [4.78, 5) is 10.9. The summed E-state index contributed by atoms with van der Waals surface area (Å²) in [6.45, 7) is 5.62. The predicted molar refractivity (Wildman–Crippen MR) is 76.3 cm³/mol. The molecule has 2 rings (SSSR count). The van der Waals surface area contributed by atoms with E-state index in [4.69, 9.17) is 5.11 Å². The van der Waals surface area contributed by atoms with E-state index in [0.717, 1.165) is 0 Å². The number of sulfonamides is 1. The molecule has 2 heterocycles. The third-order valence-electron chi connectivity index (χ3n) is 3.86. The molecule has 1 aromatic heterocycles. The second-order valence-corrected chi connectivity index (χ2v) is 8.07. The van der Waals surface area contributed by atoms with Gasteiger partial charge in [0.1, 0.15) is 0 Å². The maximum Gasteiger partial charge on any atom is 0.303 e. The number of aromatic nitrogens is 2. The van der Waals surface area contributed by atoms with E-state index in [0.29, 0.717) is 12.1 Å². The minimum atomic E-state index is -3.68. The lowest BCUT2D eigenvalue weighted by atomic mass is 9.95. The molecule has 0 aliphatic carbocycles. The summed E-state index contributed by atoms with van der Waals surface area (Å²) in [5.74, 6) is -1.06. The number of carbonyl (C=O) groups is 1. The van der Waals surface area contributed by atoms with Crippen molar-refractivity contribution in [3.05, 3.63) is 11.8 Å². The third kappa shape index (κ3) is 2.96. The fraction of sp³-hybridized carbons (Fsp3) is 0.692. The van der Waals surface area contributed by atoms with Crippen molar-refractivity contribution in [2.24, 2.45) is 13.0 Å². The molecule has 0 saturated carbocycles. The monoisotopic (exact) mass is 315 g/mol. The molecular formula is C13H21N3O4S. The van der Waals surface area contributed by atoms with Gasteiger partial charge in [-0.05, 0) is 39.2 Å². The van der Waals surface area contributed by atoms with E-state index in [1.54, 1.807) is 14.0 Å². The third-order valence-corrected chi connectivity index (χ3v) is 6.00. The van der Waals surface area contributed by atoms with Crippen LogP contribution < -0.4 is 0 Å². The van der Waals surface area contributed by atoms with Crippen LogP contribution in [0.3, 0.4) is 0 Å². The summed E-state index contributed by atoms with van der Waals surface area (Å²) in [6, 6.07) is 1.54. The van der Waals surface area contributed by atoms with E-state index in [2.05, 4.69) is 5.10 Å². The number of nitrogens with zero attached hydrogens (tertiary/aromatic N) is 3. The Labute approximate surface area is 124 Å². The Balaban J connectivity index is 2.36. The molecule has 0 radical (unpaired) electrons. The zero-order valence-corrected chi connectivity index (χ0v) is 13.5. The average Bonchev–Trinajstić information content (AvgIpc) is 2.78. The second-order valence-electron chi connectivity index (χ2n) is 6.26. The first-order valence-electron chi connectivity index (χ1n) is 6.79. The van der Waals surface area contributed by atoms with Crippen LogP contribution >= 0.6 is 0 Å². The summed E-state index contributed by atoms with van der Waals surface area (Å²) >= 11 is 0. The van der Waals surface area contributed by atoms with E-state index in [1.807, 2.05) is 13.8 Å². The van der Waals surface area contributed by atoms with Crippen LogP contribution in [-0.2, 0) is 21.9 Å². The maximum atomic E-state index is 12.8. The first-order valence-corrected chi connectivity index (χ1v) is 8.23. The van der Waals surface area contributed by atoms with E-state index in [1.165, 1.54) is 15.1 Å². The van der Waals surface area contributed by atoms with E-state index in [-0.39, 0.29) is 23.9 Å². The van der Waals surface area contributed by atoms with Gasteiger partial charge in [0.25, 0.3) is 10.0 Å². The van der Waals surface area contributed by atoms with Crippen molar-refractivity contribution in [3.63, 3.8) is 0 Å². The zero-order valence-electron chi connectivity index (χ0n) is 12.7. The lowest BCUT2D eigenvalue weighted by Gasteiger charge is -2.30. The molecule has 1 aliphatic heterocycles. The van der Waals surface area contributed by atoms with Crippen LogP contribution in [0, 0.1) is 12.8 Å². The molecule has 1 atom stereocenters. The van der Waals surface area contributed by atoms with Crippen molar-refractivity contribution in [3.8, 4) is 0 Å². The molecule has 21 heavy (non-hydrogen) atoms. The van der Waals surface area contributed by atoms with Gasteiger partial charge in [0.05, 0.1) is 5.69 Å². The van der Waals surface area contributed by atoms with Gasteiger partial charge >= 0.3 is 5.97 Å². The summed E-state index contributed by atoms with van der Waals surface area (Å²) in [5, 5.41) is 13.1. The largest absolute Gasteiger partial charge is 0.481 e. The van der Waals surface area contributed by atoms with E-state index in [9.17, 15) is 13.2 Å². The Morgan fingerprint density at radius 3 is 2.62 bits per heavy atom. The van der Waals surface area contributed by atoms with Crippen LogP contribution in [0.4, 0.5) is 0 Å². The van der Waals surface area contributed by atoms with Crippen LogP contribution in [0.1, 0.15) is 32.4 Å². The van der Waals surface area contributed by atoms with Crippen molar-refractivity contribution in [1.82, 2.24) is 14.1 Å². The molecule has 1 aromatic rings. The summed E-state index contributed by atoms with van der Waals surface area (Å²) in [7, 11) is -2.09. The fourth-order valence-corrected chi connectivity index (χ4v) is 5.16. The maximum absolute atomic E-state index is 12.8. The molecule has 0 spiro atoms. The second kappa shape index (κ2) is 5.10. The Kier molecular flexibility index (Phi) is 3.88. The van der Waals surface area contributed by atoms with E-state index >= 15 is 0 Å². The molecule has 0 bridgehead atoms. The Morgan fingerprint density at radius 1 is 1.52 bits per heavy atom. The van der Waals surface area contributed by atoms with Crippen LogP contribution in [0.25, 0.3) is 0 Å². The number of carboxylic acid groups (broad SMARTS) is 1. The van der Waals surface area contributed by atoms with E-state index < -0.39 is 21.5 Å². The highest BCUT2D eigenvalue weighted by molar-refractivity contribution is 7.89. The Hall–Kier alpha value is -1.41. The van der Waals surface area contributed by atoms with Crippen molar-refractivity contribution >= 4 is 16.0 Å². The van der Waals surface area contributed by atoms with Gasteiger partial charge in [0.2, 0.25) is 0 Å². The Bertz CT molecular complexity index is 663. The van der Waals surface area contributed by atoms with Gasteiger partial charge < -0.3 is 5.11 Å². The number of hydrogen-bond donors (Lipinski definition) is 1. The number of carboxylic acids is 1. The molecule has 1 fully saturated rings. The van der Waals surface area contributed by atoms with Crippen molar-refractivity contribution < 1.29 is 18.3 Å². The topological polar surface area (TPSA) is 92.5 Å². The molecular weight excluding hydrogens is 294 g/mol. The molecule has 7 nitrogen and oxygen atoms in total. The van der Waals surface area contributed by atoms with Gasteiger partial charge in [-0.2, -0.15) is 9.40 Å². The van der Waals surface area contributed by atoms with Gasteiger partial charge in [-0.3, -0.25) is 9.48 Å². The fourth-order valence-electron chi connectivity index (χ4n) is 3.10. The number of aliphatic carboxylic acids is 1. The molecule has 1 saturated heterocycles. The number of hydrogen-bond acceptors (Lipinski definition) is 4. The molecule has 1 aliphatic rings. The summed E-state index contributed by atoms with van der Waals surface area (Å²) in [6.07, 6.45) is 0.523. The van der Waals surface area contributed by atoms with Crippen LogP contribution in [0.2, 0.25) is 0 Å². The number of aryl methyl sites for hydroxylation is 2. The molecule has 1 unspecified atom stereocenters. The van der Waals surface area contributed by atoms with Gasteiger partial charge in [0, 0.05) is 25.6 Å². The standard InChI is InChI=1S/C13H21N3O4S/c1-9-5-11(15(4)14-9)21(19,20)16-8-10(6-12(17)18)7-13(16,2)3/h5,10H,6-8H2,1-4H3,(H,17,18). The molecule has 118 valence electrons. The minimum absolute atomic E-state index is 0.0140. The van der Waals surface area contributed by atoms with Crippen molar-refractivity contribution in [2.75, 3.05) is 6.54 Å². The van der Waals surface area contributed by atoms with Gasteiger partial charge in [-0.25, -0.2) is 8.42 Å². The minimum Gasteiger partial charge on any atom is -0.481 e. The Morgan fingerprint density at radius 2 is 2.14 bits per heavy atom. The molecule has 8 heteroatoms. The molecule has 0 amide bonds. The highest BCUT2D eigenvalue weighted by Gasteiger charge is 2.46. The summed E-state index contributed by atoms with van der Waals surface area (Å²) < 4.78 is 28.4. The quantitative estimate of drug-likeness (QED) is 0.894. The van der Waals surface area contributed by atoms with Gasteiger partial charge in [-0.15, -0.1) is 0 Å². The van der Waals surface area contributed by atoms with Crippen LogP contribution in [0.15, 0.2) is 11.1 Å². The first kappa shape index (κ1) is 16.0. The predicted octanol–water partition coefficient (Wildman–Crippen LogP) is 0.992. The normalized spacial score (nSPS) is 22.6. The van der Waals surface area contributed by atoms with Crippen LogP contribution in [-0.4, -0.2) is 45.7 Å². The van der Waals surface area contributed by atoms with Gasteiger partial charge in [0.15, 0.2) is 5.03 Å². The molecule has 0 aromatic carbocycles. The highest BCUT2D eigenvalue weighted by atomic mass is 32.2. The van der Waals surface area contributed by atoms with Crippen molar-refractivity contribution in [1.29, 1.82) is 0 Å². The van der Waals surface area contributed by atoms with Crippen LogP contribution in [0.5, 0.6) is 0 Å². The highest BCUT2D eigenvalue weighted by Crippen LogP contribution is 2.38.